The third-order valence-corrected chi connectivity index (χ3v) is 3.39. The van der Waals surface area contributed by atoms with Gasteiger partial charge in [-0.25, -0.2) is 0 Å². The van der Waals surface area contributed by atoms with E-state index in [9.17, 15) is 9.59 Å². The first-order valence-electron chi connectivity index (χ1n) is 6.86. The first-order chi connectivity index (χ1) is 10.3. The van der Waals surface area contributed by atoms with E-state index in [2.05, 4.69) is 10.4 Å². The summed E-state index contributed by atoms with van der Waals surface area (Å²) in [7, 11) is 0. The van der Waals surface area contributed by atoms with Gasteiger partial charge in [-0.3, -0.25) is 14.9 Å². The molecule has 0 bridgehead atoms. The van der Waals surface area contributed by atoms with Crippen LogP contribution < -0.4 is 10.2 Å². The summed E-state index contributed by atoms with van der Waals surface area (Å²) in [5.41, 5.74) is 1.91. The van der Waals surface area contributed by atoms with Crippen LogP contribution in [0, 0.1) is 0 Å². The molecule has 2 amide bonds. The second-order valence-corrected chi connectivity index (χ2v) is 4.82. The maximum absolute atomic E-state index is 11.8. The minimum absolute atomic E-state index is 0.293. The second kappa shape index (κ2) is 5.78. The Hall–Kier alpha value is -2.63. The predicted molar refractivity (Wildman–Crippen MR) is 74.9 cm³/mol. The molecule has 0 atom stereocenters. The molecule has 0 saturated carbocycles. The first-order valence-corrected chi connectivity index (χ1v) is 6.86. The third kappa shape index (κ3) is 2.79. The van der Waals surface area contributed by atoms with Crippen molar-refractivity contribution in [2.45, 2.75) is 19.3 Å². The van der Waals surface area contributed by atoms with Gasteiger partial charge in [-0.1, -0.05) is 12.1 Å². The van der Waals surface area contributed by atoms with Crippen LogP contribution >= 0.6 is 0 Å². The lowest BCUT2D eigenvalue weighted by atomic mass is 9.98. The maximum atomic E-state index is 11.8. The van der Waals surface area contributed by atoms with E-state index in [1.54, 1.807) is 24.5 Å². The summed E-state index contributed by atoms with van der Waals surface area (Å²) < 4.78 is 0. The number of hydrogen-bond donors (Lipinski definition) is 1. The van der Waals surface area contributed by atoms with E-state index >= 15 is 0 Å². The Morgan fingerprint density at radius 1 is 1.14 bits per heavy atom. The molecule has 1 aliphatic rings. The van der Waals surface area contributed by atoms with Gasteiger partial charge in [0.2, 0.25) is 0 Å². The summed E-state index contributed by atoms with van der Waals surface area (Å²) in [6.45, 7) is 0.557. The fraction of sp³-hybridized carbons (Fsp3) is 0.267. The Labute approximate surface area is 121 Å². The standard InChI is InChI=1S/C15H15N3O3/c19-14-12-7-3-6-11(13(12)15(20)17-14)5-1-2-10-21-18-9-4-8-16-18/h3-4,6-9H,1-2,5,10H2,(H,17,19,20). The molecular formula is C15H15N3O3. The van der Waals surface area contributed by atoms with Crippen LogP contribution in [0.25, 0.3) is 0 Å². The number of rotatable bonds is 6. The van der Waals surface area contributed by atoms with Gasteiger partial charge in [0.1, 0.15) is 6.61 Å². The number of carbonyl (C=O) groups is 2. The van der Waals surface area contributed by atoms with Crippen molar-refractivity contribution >= 4 is 11.8 Å². The molecule has 1 aromatic heterocycles. The van der Waals surface area contributed by atoms with Crippen LogP contribution in [0.15, 0.2) is 36.7 Å². The first kappa shape index (κ1) is 13.4. The SMILES string of the molecule is O=C1NC(=O)c2c(CCCCOn3cccn3)cccc21. The molecule has 2 heterocycles. The molecule has 0 radical (unpaired) electrons. The number of benzene rings is 1. The lowest BCUT2D eigenvalue weighted by molar-refractivity contribution is 0.0797. The summed E-state index contributed by atoms with van der Waals surface area (Å²) >= 11 is 0. The number of aromatic nitrogens is 2. The minimum Gasteiger partial charge on any atom is -0.397 e. The molecule has 1 N–H and O–H groups in total. The van der Waals surface area contributed by atoms with Gasteiger partial charge in [0, 0.05) is 0 Å². The van der Waals surface area contributed by atoms with Gasteiger partial charge in [-0.05, 0) is 37.0 Å². The third-order valence-electron chi connectivity index (χ3n) is 3.39. The molecule has 6 heteroatoms. The number of amides is 2. The van der Waals surface area contributed by atoms with E-state index < -0.39 is 0 Å². The second-order valence-electron chi connectivity index (χ2n) is 4.82. The lowest BCUT2D eigenvalue weighted by Crippen LogP contribution is -2.20. The van der Waals surface area contributed by atoms with Crippen LogP contribution in [0.5, 0.6) is 0 Å². The highest BCUT2D eigenvalue weighted by Gasteiger charge is 2.28. The minimum atomic E-state index is -0.307. The largest absolute Gasteiger partial charge is 0.397 e. The Balaban J connectivity index is 1.54. The highest BCUT2D eigenvalue weighted by molar-refractivity contribution is 6.22. The Morgan fingerprint density at radius 2 is 2.05 bits per heavy atom. The van der Waals surface area contributed by atoms with Crippen LogP contribution in [0.2, 0.25) is 0 Å². The smallest absolute Gasteiger partial charge is 0.259 e. The number of aryl methyl sites for hydroxylation is 1. The van der Waals surface area contributed by atoms with Crippen LogP contribution in [-0.2, 0) is 6.42 Å². The van der Waals surface area contributed by atoms with Crippen molar-refractivity contribution in [3.8, 4) is 0 Å². The molecule has 1 aromatic carbocycles. The number of imide groups is 1. The lowest BCUT2D eigenvalue weighted by Gasteiger charge is -2.07. The Bertz CT molecular complexity index is 665. The zero-order chi connectivity index (χ0) is 14.7. The summed E-state index contributed by atoms with van der Waals surface area (Å²) in [5.74, 6) is -0.600. The van der Waals surface area contributed by atoms with Crippen molar-refractivity contribution in [2.75, 3.05) is 6.61 Å². The molecule has 0 fully saturated rings. The van der Waals surface area contributed by atoms with Crippen molar-refractivity contribution in [3.63, 3.8) is 0 Å². The Kier molecular flexibility index (Phi) is 3.68. The molecule has 0 spiro atoms. The average Bonchev–Trinajstić information content (AvgIpc) is 3.08. The summed E-state index contributed by atoms with van der Waals surface area (Å²) in [5, 5.41) is 6.27. The fourth-order valence-electron chi connectivity index (χ4n) is 2.41. The van der Waals surface area contributed by atoms with Gasteiger partial charge in [0.25, 0.3) is 11.8 Å². The maximum Gasteiger partial charge on any atom is 0.259 e. The molecule has 0 unspecified atom stereocenters. The topological polar surface area (TPSA) is 73.2 Å². The van der Waals surface area contributed by atoms with E-state index in [4.69, 9.17) is 4.84 Å². The molecule has 6 nitrogen and oxygen atoms in total. The Morgan fingerprint density at radius 3 is 2.86 bits per heavy atom. The predicted octanol–water partition coefficient (Wildman–Crippen LogP) is 1.22. The van der Waals surface area contributed by atoms with E-state index in [1.807, 2.05) is 12.1 Å². The van der Waals surface area contributed by atoms with Gasteiger partial charge in [-0.2, -0.15) is 0 Å². The van der Waals surface area contributed by atoms with Gasteiger partial charge in [-0.15, -0.1) is 9.94 Å². The van der Waals surface area contributed by atoms with E-state index in [0.717, 1.165) is 24.8 Å². The van der Waals surface area contributed by atoms with Crippen LogP contribution in [0.3, 0.4) is 0 Å². The molecule has 0 saturated heterocycles. The molecule has 2 aromatic rings. The summed E-state index contributed by atoms with van der Waals surface area (Å²) in [6.07, 6.45) is 5.85. The fourth-order valence-corrected chi connectivity index (χ4v) is 2.41. The molecular weight excluding hydrogens is 270 g/mol. The number of nitrogens with one attached hydrogen (secondary N) is 1. The molecule has 3 rings (SSSR count). The molecule has 21 heavy (non-hydrogen) atoms. The zero-order valence-electron chi connectivity index (χ0n) is 11.4. The quantitative estimate of drug-likeness (QED) is 0.639. The highest BCUT2D eigenvalue weighted by atomic mass is 16.7. The monoisotopic (exact) mass is 285 g/mol. The van der Waals surface area contributed by atoms with Crippen molar-refractivity contribution in [1.82, 2.24) is 15.3 Å². The van der Waals surface area contributed by atoms with Gasteiger partial charge in [0.05, 0.1) is 23.5 Å². The summed E-state index contributed by atoms with van der Waals surface area (Å²) in [4.78, 5) is 30.2. The van der Waals surface area contributed by atoms with Gasteiger partial charge >= 0.3 is 0 Å². The molecule has 108 valence electrons. The van der Waals surface area contributed by atoms with Crippen LogP contribution in [0.4, 0.5) is 0 Å². The van der Waals surface area contributed by atoms with Crippen LogP contribution in [0.1, 0.15) is 39.1 Å². The number of fused-ring (bicyclic) bond motifs is 1. The normalized spacial score (nSPS) is 13.1. The van der Waals surface area contributed by atoms with Crippen molar-refractivity contribution < 1.29 is 14.4 Å². The molecule has 0 aliphatic carbocycles. The van der Waals surface area contributed by atoms with Crippen molar-refractivity contribution in [1.29, 1.82) is 0 Å². The number of unbranched alkanes of at least 4 members (excludes halogenated alkanes) is 1. The average molecular weight is 285 g/mol. The van der Waals surface area contributed by atoms with E-state index in [-0.39, 0.29) is 11.8 Å². The van der Waals surface area contributed by atoms with Crippen molar-refractivity contribution in [2.24, 2.45) is 0 Å². The van der Waals surface area contributed by atoms with Gasteiger partial charge in [0.15, 0.2) is 0 Å². The van der Waals surface area contributed by atoms with E-state index in [1.165, 1.54) is 4.85 Å². The van der Waals surface area contributed by atoms with Crippen LogP contribution in [-0.4, -0.2) is 28.4 Å². The van der Waals surface area contributed by atoms with Gasteiger partial charge < -0.3 is 4.84 Å². The number of hydrogen-bond acceptors (Lipinski definition) is 4. The van der Waals surface area contributed by atoms with Crippen molar-refractivity contribution in [3.05, 3.63) is 53.3 Å². The van der Waals surface area contributed by atoms with E-state index in [0.29, 0.717) is 17.7 Å². The zero-order valence-corrected chi connectivity index (χ0v) is 11.4. The number of carbonyl (C=O) groups excluding carboxylic acids is 2. The summed E-state index contributed by atoms with van der Waals surface area (Å²) in [6, 6.07) is 7.18. The molecule has 1 aliphatic heterocycles. The number of nitrogens with zero attached hydrogens (tertiary/aromatic N) is 2. The highest BCUT2D eigenvalue weighted by Crippen LogP contribution is 2.21.